The molecule has 0 saturated carbocycles. The van der Waals surface area contributed by atoms with Gasteiger partial charge in [0.05, 0.1) is 12.6 Å². The molecule has 0 aromatic heterocycles. The van der Waals surface area contributed by atoms with Gasteiger partial charge in [0.1, 0.15) is 41.1 Å². The zero-order valence-electron chi connectivity index (χ0n) is 15.9. The molecule has 0 spiro atoms. The minimum Gasteiger partial charge on any atom is -0.494 e. The summed E-state index contributed by atoms with van der Waals surface area (Å²) in [6.07, 6.45) is 0.558. The van der Waals surface area contributed by atoms with Crippen LogP contribution >= 0.6 is 11.6 Å². The van der Waals surface area contributed by atoms with Crippen LogP contribution in [0, 0.1) is 11.6 Å². The number of hydrogen-bond donors (Lipinski definition) is 0. The Hall–Kier alpha value is -3.12. The van der Waals surface area contributed by atoms with Crippen molar-refractivity contribution in [3.05, 3.63) is 89.0 Å². The van der Waals surface area contributed by atoms with Gasteiger partial charge in [-0.2, -0.15) is 0 Å². The average Bonchev–Trinajstić information content (AvgIpc) is 3.19. The molecule has 4 rings (SSSR count). The summed E-state index contributed by atoms with van der Waals surface area (Å²) in [6.45, 7) is 0.655. The fourth-order valence-electron chi connectivity index (χ4n) is 2.96. The zero-order chi connectivity index (χ0) is 20.9. The molecule has 0 N–H and O–H groups in total. The van der Waals surface area contributed by atoms with Crippen LogP contribution < -0.4 is 9.47 Å². The molecule has 30 heavy (non-hydrogen) atoms. The summed E-state index contributed by atoms with van der Waals surface area (Å²) in [5.41, 5.74) is -0.225. The van der Waals surface area contributed by atoms with Crippen LogP contribution in [0.2, 0.25) is 5.02 Å². The molecule has 1 unspecified atom stereocenters. The molecule has 3 aromatic rings. The molecular formula is C23H18ClF2NO3. The van der Waals surface area contributed by atoms with Crippen LogP contribution in [-0.2, 0) is 4.74 Å². The lowest BCUT2D eigenvalue weighted by molar-refractivity contribution is 0.264. The van der Waals surface area contributed by atoms with Crippen LogP contribution in [-0.4, -0.2) is 25.2 Å². The van der Waals surface area contributed by atoms with E-state index in [9.17, 15) is 8.78 Å². The Morgan fingerprint density at radius 3 is 2.17 bits per heavy atom. The van der Waals surface area contributed by atoms with Crippen molar-refractivity contribution in [2.24, 2.45) is 4.99 Å². The molecule has 1 aliphatic rings. The lowest BCUT2D eigenvalue weighted by Gasteiger charge is -2.09. The van der Waals surface area contributed by atoms with Crippen molar-refractivity contribution >= 4 is 17.5 Å². The molecule has 0 amide bonds. The van der Waals surface area contributed by atoms with Crippen molar-refractivity contribution < 1.29 is 23.0 Å². The van der Waals surface area contributed by atoms with Crippen molar-refractivity contribution in [2.45, 2.75) is 12.5 Å². The number of rotatable bonds is 7. The topological polar surface area (TPSA) is 40.0 Å². The van der Waals surface area contributed by atoms with Crippen molar-refractivity contribution in [3.8, 4) is 17.2 Å². The van der Waals surface area contributed by atoms with Gasteiger partial charge < -0.3 is 14.2 Å². The Morgan fingerprint density at radius 1 is 0.900 bits per heavy atom. The highest BCUT2D eigenvalue weighted by molar-refractivity contribution is 6.30. The third-order valence-electron chi connectivity index (χ3n) is 4.48. The third-order valence-corrected chi connectivity index (χ3v) is 4.73. The molecule has 0 radical (unpaired) electrons. The zero-order valence-corrected chi connectivity index (χ0v) is 16.6. The molecule has 154 valence electrons. The van der Waals surface area contributed by atoms with Crippen molar-refractivity contribution in [2.75, 3.05) is 13.2 Å². The molecule has 7 heteroatoms. The standard InChI is InChI=1S/C23H18ClF2NO3/c24-15-4-6-18(7-5-15)30-19-10-8-17(9-11-19)28-13-12-16-14-29-23(27-16)22-20(25)2-1-3-21(22)26/h1-11,16H,12-14H2. The molecule has 1 atom stereocenters. The Bertz CT molecular complexity index is 1020. The summed E-state index contributed by atoms with van der Waals surface area (Å²) in [4.78, 5) is 4.28. The van der Waals surface area contributed by atoms with Crippen LogP contribution in [0.3, 0.4) is 0 Å². The molecule has 4 nitrogen and oxygen atoms in total. The Labute approximate surface area is 177 Å². The van der Waals surface area contributed by atoms with Gasteiger partial charge in [0.25, 0.3) is 0 Å². The lowest BCUT2D eigenvalue weighted by Crippen LogP contribution is -2.11. The fraction of sp³-hybridized carbons (Fsp3) is 0.174. The van der Waals surface area contributed by atoms with Gasteiger partial charge in [-0.25, -0.2) is 13.8 Å². The number of nitrogens with zero attached hydrogens (tertiary/aromatic N) is 1. The van der Waals surface area contributed by atoms with Crippen molar-refractivity contribution in [1.82, 2.24) is 0 Å². The van der Waals surface area contributed by atoms with Gasteiger partial charge in [0.15, 0.2) is 0 Å². The van der Waals surface area contributed by atoms with E-state index in [1.54, 1.807) is 48.5 Å². The largest absolute Gasteiger partial charge is 0.494 e. The van der Waals surface area contributed by atoms with Crippen molar-refractivity contribution in [3.63, 3.8) is 0 Å². The highest BCUT2D eigenvalue weighted by atomic mass is 35.5. The van der Waals surface area contributed by atoms with Crippen LogP contribution in [0.5, 0.6) is 17.2 Å². The predicted octanol–water partition coefficient (Wildman–Crippen LogP) is 6.03. The quantitative estimate of drug-likeness (QED) is 0.460. The first-order valence-corrected chi connectivity index (χ1v) is 9.77. The maximum absolute atomic E-state index is 13.8. The minimum atomic E-state index is -0.688. The fourth-order valence-corrected chi connectivity index (χ4v) is 3.08. The summed E-state index contributed by atoms with van der Waals surface area (Å²) in [7, 11) is 0. The van der Waals surface area contributed by atoms with Gasteiger partial charge in [-0.15, -0.1) is 0 Å². The van der Waals surface area contributed by atoms with E-state index < -0.39 is 11.6 Å². The highest BCUT2D eigenvalue weighted by Gasteiger charge is 2.25. The monoisotopic (exact) mass is 429 g/mol. The predicted molar refractivity (Wildman–Crippen MR) is 111 cm³/mol. The van der Waals surface area contributed by atoms with Crippen LogP contribution in [0.4, 0.5) is 8.78 Å². The summed E-state index contributed by atoms with van der Waals surface area (Å²) < 4.78 is 44.6. The number of benzene rings is 3. The number of hydrogen-bond acceptors (Lipinski definition) is 4. The average molecular weight is 430 g/mol. The van der Waals surface area contributed by atoms with Crippen LogP contribution in [0.15, 0.2) is 71.7 Å². The molecule has 0 bridgehead atoms. The molecule has 0 aliphatic carbocycles. The summed E-state index contributed by atoms with van der Waals surface area (Å²) in [5.74, 6) is 0.670. The first kappa shape index (κ1) is 20.2. The Morgan fingerprint density at radius 2 is 1.50 bits per heavy atom. The first-order valence-electron chi connectivity index (χ1n) is 9.40. The number of halogens is 3. The van der Waals surface area contributed by atoms with E-state index in [1.807, 2.05) is 0 Å². The minimum absolute atomic E-state index is 0.000647. The molecule has 1 heterocycles. The molecule has 0 fully saturated rings. The maximum Gasteiger partial charge on any atom is 0.222 e. The third kappa shape index (κ3) is 4.89. The van der Waals surface area contributed by atoms with E-state index in [0.717, 1.165) is 0 Å². The number of aliphatic imine (C=N–C) groups is 1. The first-order chi connectivity index (χ1) is 14.6. The van der Waals surface area contributed by atoms with E-state index in [4.69, 9.17) is 25.8 Å². The van der Waals surface area contributed by atoms with Crippen molar-refractivity contribution in [1.29, 1.82) is 0 Å². The smallest absolute Gasteiger partial charge is 0.222 e. The number of ether oxygens (including phenoxy) is 3. The van der Waals surface area contributed by atoms with E-state index in [0.29, 0.717) is 35.3 Å². The van der Waals surface area contributed by atoms with Gasteiger partial charge in [0.2, 0.25) is 5.90 Å². The maximum atomic E-state index is 13.8. The van der Waals surface area contributed by atoms with Crippen LogP contribution in [0.25, 0.3) is 0 Å². The van der Waals surface area contributed by atoms with Gasteiger partial charge in [-0.3, -0.25) is 0 Å². The van der Waals surface area contributed by atoms with E-state index >= 15 is 0 Å². The Kier molecular flexibility index (Phi) is 6.14. The molecule has 0 saturated heterocycles. The van der Waals surface area contributed by atoms with Gasteiger partial charge in [-0.1, -0.05) is 17.7 Å². The normalized spacial score (nSPS) is 15.4. The van der Waals surface area contributed by atoms with Gasteiger partial charge >= 0.3 is 0 Å². The van der Waals surface area contributed by atoms with E-state index in [2.05, 4.69) is 4.99 Å². The second-order valence-electron chi connectivity index (χ2n) is 6.66. The highest BCUT2D eigenvalue weighted by Crippen LogP contribution is 2.25. The lowest BCUT2D eigenvalue weighted by atomic mass is 10.2. The van der Waals surface area contributed by atoms with Crippen LogP contribution in [0.1, 0.15) is 12.0 Å². The van der Waals surface area contributed by atoms with Gasteiger partial charge in [0, 0.05) is 11.4 Å². The second kappa shape index (κ2) is 9.13. The second-order valence-corrected chi connectivity index (χ2v) is 7.10. The Balaban J connectivity index is 1.28. The summed E-state index contributed by atoms with van der Waals surface area (Å²) >= 11 is 5.86. The SMILES string of the molecule is Fc1cccc(F)c1C1=NC(CCOc2ccc(Oc3ccc(Cl)cc3)cc2)CO1. The molecule has 1 aliphatic heterocycles. The van der Waals surface area contributed by atoms with Gasteiger partial charge in [-0.05, 0) is 60.7 Å². The van der Waals surface area contributed by atoms with E-state index in [-0.39, 0.29) is 24.1 Å². The molecule has 3 aromatic carbocycles. The molecular weight excluding hydrogens is 412 g/mol. The van der Waals surface area contributed by atoms with E-state index in [1.165, 1.54) is 18.2 Å². The summed E-state index contributed by atoms with van der Waals surface area (Å²) in [5, 5.41) is 0.647. The summed E-state index contributed by atoms with van der Waals surface area (Å²) in [6, 6.07) is 17.8.